The van der Waals surface area contributed by atoms with E-state index in [0.717, 1.165) is 25.9 Å². The average Bonchev–Trinajstić information content (AvgIpc) is 2.43. The fourth-order valence-electron chi connectivity index (χ4n) is 3.11. The fourth-order valence-corrected chi connectivity index (χ4v) is 3.11. The van der Waals surface area contributed by atoms with Crippen LogP contribution in [0.5, 0.6) is 0 Å². The molecule has 0 aliphatic carbocycles. The topological polar surface area (TPSA) is 21.3 Å². The standard InChI is InChI=1S/C18H28FNO/c1-4-5-6-17(14-7-9-15(19)10-8-14)20-16-11-12-21-18(2,3)13-16/h7-10,16-17,20H,4-6,11-13H2,1-3H3. The number of hydrogen-bond donors (Lipinski definition) is 1. The second-order valence-electron chi connectivity index (χ2n) is 6.71. The lowest BCUT2D eigenvalue weighted by molar-refractivity contribution is -0.0643. The van der Waals surface area contributed by atoms with Crippen molar-refractivity contribution in [1.29, 1.82) is 0 Å². The van der Waals surface area contributed by atoms with Crippen molar-refractivity contribution in [2.45, 2.75) is 70.6 Å². The quantitative estimate of drug-likeness (QED) is 0.827. The minimum atomic E-state index is -0.166. The lowest BCUT2D eigenvalue weighted by atomic mass is 9.91. The third-order valence-electron chi connectivity index (χ3n) is 4.25. The molecular formula is C18H28FNO. The van der Waals surface area contributed by atoms with Crippen molar-refractivity contribution in [3.05, 3.63) is 35.6 Å². The zero-order valence-corrected chi connectivity index (χ0v) is 13.5. The van der Waals surface area contributed by atoms with Crippen molar-refractivity contribution in [2.24, 2.45) is 0 Å². The van der Waals surface area contributed by atoms with E-state index in [1.54, 1.807) is 12.1 Å². The van der Waals surface area contributed by atoms with Gasteiger partial charge < -0.3 is 10.1 Å². The number of nitrogens with one attached hydrogen (secondary N) is 1. The summed E-state index contributed by atoms with van der Waals surface area (Å²) in [6.45, 7) is 7.33. The van der Waals surface area contributed by atoms with Gasteiger partial charge in [-0.05, 0) is 50.8 Å². The van der Waals surface area contributed by atoms with Gasteiger partial charge in [0.2, 0.25) is 0 Å². The van der Waals surface area contributed by atoms with Gasteiger partial charge in [-0.25, -0.2) is 4.39 Å². The summed E-state index contributed by atoms with van der Waals surface area (Å²) in [6, 6.07) is 7.72. The predicted molar refractivity (Wildman–Crippen MR) is 84.9 cm³/mol. The van der Waals surface area contributed by atoms with Gasteiger partial charge in [-0.1, -0.05) is 31.9 Å². The highest BCUT2D eigenvalue weighted by Gasteiger charge is 2.30. The minimum absolute atomic E-state index is 0.0476. The summed E-state index contributed by atoms with van der Waals surface area (Å²) in [5, 5.41) is 3.78. The van der Waals surface area contributed by atoms with Gasteiger partial charge in [0.1, 0.15) is 5.82 Å². The van der Waals surface area contributed by atoms with E-state index in [1.807, 2.05) is 12.1 Å². The van der Waals surface area contributed by atoms with Gasteiger partial charge in [-0.3, -0.25) is 0 Å². The smallest absolute Gasteiger partial charge is 0.123 e. The van der Waals surface area contributed by atoms with E-state index in [9.17, 15) is 4.39 Å². The zero-order chi connectivity index (χ0) is 15.3. The molecule has 2 rings (SSSR count). The molecule has 0 spiro atoms. The van der Waals surface area contributed by atoms with Gasteiger partial charge in [-0.15, -0.1) is 0 Å². The Morgan fingerprint density at radius 3 is 2.67 bits per heavy atom. The molecular weight excluding hydrogens is 265 g/mol. The van der Waals surface area contributed by atoms with Gasteiger partial charge in [0, 0.05) is 18.7 Å². The van der Waals surface area contributed by atoms with Crippen LogP contribution in [0.3, 0.4) is 0 Å². The molecule has 2 nitrogen and oxygen atoms in total. The fraction of sp³-hybridized carbons (Fsp3) is 0.667. The number of unbranched alkanes of at least 4 members (excludes halogenated alkanes) is 1. The second-order valence-corrected chi connectivity index (χ2v) is 6.71. The number of hydrogen-bond acceptors (Lipinski definition) is 2. The lowest BCUT2D eigenvalue weighted by Crippen LogP contribution is -2.44. The number of benzene rings is 1. The highest BCUT2D eigenvalue weighted by Crippen LogP contribution is 2.28. The van der Waals surface area contributed by atoms with Crippen molar-refractivity contribution in [3.63, 3.8) is 0 Å². The molecule has 1 saturated heterocycles. The Morgan fingerprint density at radius 1 is 1.33 bits per heavy atom. The van der Waals surface area contributed by atoms with Crippen LogP contribution in [-0.4, -0.2) is 18.2 Å². The van der Waals surface area contributed by atoms with Crippen LogP contribution < -0.4 is 5.32 Å². The zero-order valence-electron chi connectivity index (χ0n) is 13.5. The molecule has 1 aromatic rings. The molecule has 1 fully saturated rings. The van der Waals surface area contributed by atoms with Crippen LogP contribution >= 0.6 is 0 Å². The van der Waals surface area contributed by atoms with Crippen LogP contribution in [0.1, 0.15) is 64.5 Å². The van der Waals surface area contributed by atoms with Gasteiger partial charge in [-0.2, -0.15) is 0 Å². The van der Waals surface area contributed by atoms with E-state index in [2.05, 4.69) is 26.1 Å². The summed E-state index contributed by atoms with van der Waals surface area (Å²) in [4.78, 5) is 0. The first-order valence-electron chi connectivity index (χ1n) is 8.15. The van der Waals surface area contributed by atoms with E-state index in [4.69, 9.17) is 4.74 Å². The minimum Gasteiger partial charge on any atom is -0.375 e. The van der Waals surface area contributed by atoms with Crippen LogP contribution in [0.25, 0.3) is 0 Å². The third kappa shape index (κ3) is 5.08. The molecule has 1 N–H and O–H groups in total. The third-order valence-corrected chi connectivity index (χ3v) is 4.25. The number of ether oxygens (including phenoxy) is 1. The van der Waals surface area contributed by atoms with Crippen LogP contribution in [0.4, 0.5) is 4.39 Å². The summed E-state index contributed by atoms with van der Waals surface area (Å²) in [6.07, 6.45) is 5.53. The lowest BCUT2D eigenvalue weighted by Gasteiger charge is -2.38. The Balaban J connectivity index is 2.03. The Labute approximate surface area is 128 Å². The first kappa shape index (κ1) is 16.4. The summed E-state index contributed by atoms with van der Waals surface area (Å²) in [5.74, 6) is -0.166. The van der Waals surface area contributed by atoms with Crippen LogP contribution in [0, 0.1) is 5.82 Å². The molecule has 1 aliphatic rings. The maximum Gasteiger partial charge on any atom is 0.123 e. The molecule has 2 atom stereocenters. The molecule has 3 heteroatoms. The van der Waals surface area contributed by atoms with Gasteiger partial charge in [0.05, 0.1) is 5.60 Å². The van der Waals surface area contributed by atoms with Crippen molar-refractivity contribution < 1.29 is 9.13 Å². The van der Waals surface area contributed by atoms with E-state index in [0.29, 0.717) is 12.1 Å². The Kier molecular flexibility index (Phi) is 5.77. The van der Waals surface area contributed by atoms with Gasteiger partial charge in [0.25, 0.3) is 0 Å². The molecule has 21 heavy (non-hydrogen) atoms. The molecule has 0 radical (unpaired) electrons. The SMILES string of the molecule is CCCCC(NC1CCOC(C)(C)C1)c1ccc(F)cc1. The van der Waals surface area contributed by atoms with Crippen molar-refractivity contribution >= 4 is 0 Å². The first-order valence-corrected chi connectivity index (χ1v) is 8.15. The maximum absolute atomic E-state index is 13.1. The molecule has 2 unspecified atom stereocenters. The van der Waals surface area contributed by atoms with Gasteiger partial charge in [0.15, 0.2) is 0 Å². The number of halogens is 1. The first-order chi connectivity index (χ1) is 10.00. The Morgan fingerprint density at radius 2 is 2.05 bits per heavy atom. The van der Waals surface area contributed by atoms with E-state index in [1.165, 1.54) is 18.4 Å². The van der Waals surface area contributed by atoms with E-state index in [-0.39, 0.29) is 11.4 Å². The van der Waals surface area contributed by atoms with Crippen LogP contribution in [0.2, 0.25) is 0 Å². The van der Waals surface area contributed by atoms with E-state index < -0.39 is 0 Å². The molecule has 0 amide bonds. The Bertz CT molecular complexity index is 429. The largest absolute Gasteiger partial charge is 0.375 e. The molecule has 0 aromatic heterocycles. The van der Waals surface area contributed by atoms with Crippen LogP contribution in [0.15, 0.2) is 24.3 Å². The maximum atomic E-state index is 13.1. The molecule has 1 aliphatic heterocycles. The highest BCUT2D eigenvalue weighted by atomic mass is 19.1. The monoisotopic (exact) mass is 293 g/mol. The summed E-state index contributed by atoms with van der Waals surface area (Å²) >= 11 is 0. The molecule has 1 aromatic carbocycles. The molecule has 0 bridgehead atoms. The molecule has 1 heterocycles. The highest BCUT2D eigenvalue weighted by molar-refractivity contribution is 5.20. The predicted octanol–water partition coefficient (Wildman–Crippen LogP) is 4.60. The second kappa shape index (κ2) is 7.37. The summed E-state index contributed by atoms with van der Waals surface area (Å²) in [7, 11) is 0. The van der Waals surface area contributed by atoms with Crippen molar-refractivity contribution in [1.82, 2.24) is 5.32 Å². The number of rotatable bonds is 6. The Hall–Kier alpha value is -0.930. The van der Waals surface area contributed by atoms with Crippen LogP contribution in [-0.2, 0) is 4.74 Å². The van der Waals surface area contributed by atoms with Crippen molar-refractivity contribution in [3.8, 4) is 0 Å². The molecule has 0 saturated carbocycles. The molecule has 118 valence electrons. The van der Waals surface area contributed by atoms with Crippen molar-refractivity contribution in [2.75, 3.05) is 6.61 Å². The van der Waals surface area contributed by atoms with Gasteiger partial charge >= 0.3 is 0 Å². The summed E-state index contributed by atoms with van der Waals surface area (Å²) < 4.78 is 18.9. The van der Waals surface area contributed by atoms with E-state index >= 15 is 0 Å². The summed E-state index contributed by atoms with van der Waals surface area (Å²) in [5.41, 5.74) is 1.14. The average molecular weight is 293 g/mol. The normalized spacial score (nSPS) is 23.0.